The third-order valence-electron chi connectivity index (χ3n) is 3.22. The molecular formula is C16H13NO. The number of aromatic amines is 1. The summed E-state index contributed by atoms with van der Waals surface area (Å²) >= 11 is 0. The third kappa shape index (κ3) is 1.63. The quantitative estimate of drug-likeness (QED) is 0.688. The van der Waals surface area contributed by atoms with Crippen molar-refractivity contribution in [1.29, 1.82) is 0 Å². The van der Waals surface area contributed by atoms with Crippen LogP contribution in [0.3, 0.4) is 0 Å². The van der Waals surface area contributed by atoms with Crippen molar-refractivity contribution in [3.8, 4) is 11.1 Å². The molecule has 1 aromatic heterocycles. The number of para-hydroxylation sites is 1. The lowest BCUT2D eigenvalue weighted by Gasteiger charge is -2.06. The molecule has 0 aliphatic rings. The molecule has 0 saturated heterocycles. The maximum Gasteiger partial charge on any atom is 0.197 e. The number of rotatable bonds is 1. The molecule has 0 aliphatic carbocycles. The largest absolute Gasteiger partial charge is 0.360 e. The van der Waals surface area contributed by atoms with Gasteiger partial charge in [0, 0.05) is 22.7 Å². The van der Waals surface area contributed by atoms with Gasteiger partial charge in [-0.1, -0.05) is 36.4 Å². The molecule has 18 heavy (non-hydrogen) atoms. The smallest absolute Gasteiger partial charge is 0.197 e. The third-order valence-corrected chi connectivity index (χ3v) is 3.22. The predicted molar refractivity (Wildman–Crippen MR) is 74.7 cm³/mol. The molecule has 0 spiro atoms. The van der Waals surface area contributed by atoms with Crippen LogP contribution in [-0.4, -0.2) is 4.98 Å². The second kappa shape index (κ2) is 4.15. The van der Waals surface area contributed by atoms with E-state index in [4.69, 9.17) is 0 Å². The second-order valence-corrected chi connectivity index (χ2v) is 4.39. The maximum absolute atomic E-state index is 12.5. The highest BCUT2D eigenvalue weighted by molar-refractivity contribution is 5.83. The van der Waals surface area contributed by atoms with Gasteiger partial charge in [-0.3, -0.25) is 4.79 Å². The van der Waals surface area contributed by atoms with Crippen molar-refractivity contribution >= 4 is 10.9 Å². The molecule has 0 fully saturated rings. The van der Waals surface area contributed by atoms with Gasteiger partial charge in [-0.15, -0.1) is 0 Å². The van der Waals surface area contributed by atoms with Crippen molar-refractivity contribution in [3.63, 3.8) is 0 Å². The summed E-state index contributed by atoms with van der Waals surface area (Å²) in [6, 6.07) is 15.5. The van der Waals surface area contributed by atoms with Crippen LogP contribution in [0.4, 0.5) is 0 Å². The van der Waals surface area contributed by atoms with Gasteiger partial charge in [-0.25, -0.2) is 0 Å². The van der Waals surface area contributed by atoms with Crippen LogP contribution in [0.1, 0.15) is 5.56 Å². The molecule has 2 aromatic carbocycles. The number of hydrogen-bond donors (Lipinski definition) is 1. The Labute approximate surface area is 105 Å². The molecule has 88 valence electrons. The highest BCUT2D eigenvalue weighted by Crippen LogP contribution is 2.20. The summed E-state index contributed by atoms with van der Waals surface area (Å²) in [5, 5.41) is 0.734. The summed E-state index contributed by atoms with van der Waals surface area (Å²) in [5.74, 6) is 0. The standard InChI is InChI=1S/C16H13NO/c1-11-6-2-3-7-12(11)14-10-17-15-9-5-4-8-13(15)16(14)18/h2-10H,1H3,(H,17,18). The lowest BCUT2D eigenvalue weighted by molar-refractivity contribution is 1.36. The monoisotopic (exact) mass is 235 g/mol. The summed E-state index contributed by atoms with van der Waals surface area (Å²) in [6.07, 6.45) is 1.80. The summed E-state index contributed by atoms with van der Waals surface area (Å²) in [7, 11) is 0. The Kier molecular flexibility index (Phi) is 2.49. The topological polar surface area (TPSA) is 32.9 Å². The van der Waals surface area contributed by atoms with E-state index < -0.39 is 0 Å². The average Bonchev–Trinajstić information content (AvgIpc) is 2.41. The minimum Gasteiger partial charge on any atom is -0.360 e. The zero-order chi connectivity index (χ0) is 12.5. The van der Waals surface area contributed by atoms with Crippen LogP contribution >= 0.6 is 0 Å². The SMILES string of the molecule is Cc1ccccc1-c1c[nH]c2ccccc2c1=O. The fourth-order valence-electron chi connectivity index (χ4n) is 2.24. The van der Waals surface area contributed by atoms with E-state index in [9.17, 15) is 4.79 Å². The van der Waals surface area contributed by atoms with Gasteiger partial charge in [0.05, 0.1) is 0 Å². The molecular weight excluding hydrogens is 222 g/mol. The van der Waals surface area contributed by atoms with Gasteiger partial charge in [-0.2, -0.15) is 0 Å². The number of nitrogens with one attached hydrogen (secondary N) is 1. The van der Waals surface area contributed by atoms with Crippen molar-refractivity contribution < 1.29 is 0 Å². The summed E-state index contributed by atoms with van der Waals surface area (Å²) in [4.78, 5) is 15.6. The van der Waals surface area contributed by atoms with E-state index >= 15 is 0 Å². The lowest BCUT2D eigenvalue weighted by Crippen LogP contribution is -2.06. The predicted octanol–water partition coefficient (Wildman–Crippen LogP) is 3.50. The van der Waals surface area contributed by atoms with Crippen molar-refractivity contribution in [2.24, 2.45) is 0 Å². The van der Waals surface area contributed by atoms with Gasteiger partial charge in [0.1, 0.15) is 0 Å². The highest BCUT2D eigenvalue weighted by Gasteiger charge is 2.08. The molecule has 0 saturated carbocycles. The summed E-state index contributed by atoms with van der Waals surface area (Å²) < 4.78 is 0. The summed E-state index contributed by atoms with van der Waals surface area (Å²) in [5.41, 5.74) is 3.79. The van der Waals surface area contributed by atoms with Crippen LogP contribution < -0.4 is 5.43 Å². The first kappa shape index (κ1) is 10.8. The van der Waals surface area contributed by atoms with Gasteiger partial charge in [0.2, 0.25) is 0 Å². The van der Waals surface area contributed by atoms with E-state index in [0.717, 1.165) is 27.6 Å². The number of fused-ring (bicyclic) bond motifs is 1. The molecule has 1 heterocycles. The van der Waals surface area contributed by atoms with E-state index in [2.05, 4.69) is 4.98 Å². The van der Waals surface area contributed by atoms with Crippen LogP contribution in [0.5, 0.6) is 0 Å². The maximum atomic E-state index is 12.5. The van der Waals surface area contributed by atoms with Crippen molar-refractivity contribution in [1.82, 2.24) is 4.98 Å². The average molecular weight is 235 g/mol. The first-order valence-corrected chi connectivity index (χ1v) is 5.94. The van der Waals surface area contributed by atoms with Crippen LogP contribution in [-0.2, 0) is 0 Å². The van der Waals surface area contributed by atoms with Gasteiger partial charge < -0.3 is 4.98 Å². The molecule has 0 atom stereocenters. The fraction of sp³-hybridized carbons (Fsp3) is 0.0625. The van der Waals surface area contributed by atoms with Crippen LogP contribution in [0.15, 0.2) is 59.5 Å². The van der Waals surface area contributed by atoms with Gasteiger partial charge in [-0.05, 0) is 30.2 Å². The minimum absolute atomic E-state index is 0.0821. The Morgan fingerprint density at radius 2 is 1.61 bits per heavy atom. The number of aromatic nitrogens is 1. The van der Waals surface area contributed by atoms with Crippen molar-refractivity contribution in [2.45, 2.75) is 6.92 Å². The molecule has 0 aliphatic heterocycles. The number of hydrogen-bond acceptors (Lipinski definition) is 1. The number of benzene rings is 2. The van der Waals surface area contributed by atoms with Crippen molar-refractivity contribution in [3.05, 3.63) is 70.5 Å². The molecule has 0 bridgehead atoms. The zero-order valence-electron chi connectivity index (χ0n) is 10.1. The van der Waals surface area contributed by atoms with E-state index in [0.29, 0.717) is 0 Å². The lowest BCUT2D eigenvalue weighted by atomic mass is 10.0. The molecule has 1 N–H and O–H groups in total. The van der Waals surface area contributed by atoms with Crippen molar-refractivity contribution in [2.75, 3.05) is 0 Å². The second-order valence-electron chi connectivity index (χ2n) is 4.39. The molecule has 2 nitrogen and oxygen atoms in total. The Morgan fingerprint density at radius 1 is 0.889 bits per heavy atom. The van der Waals surface area contributed by atoms with Crippen LogP contribution in [0.2, 0.25) is 0 Å². The van der Waals surface area contributed by atoms with Gasteiger partial charge in [0.15, 0.2) is 5.43 Å². The van der Waals surface area contributed by atoms with Crippen LogP contribution in [0.25, 0.3) is 22.0 Å². The van der Waals surface area contributed by atoms with E-state index in [1.807, 2.05) is 55.5 Å². The first-order valence-electron chi connectivity index (χ1n) is 5.94. The Hall–Kier alpha value is -2.35. The number of pyridine rings is 1. The highest BCUT2D eigenvalue weighted by atomic mass is 16.1. The number of H-pyrrole nitrogens is 1. The molecule has 0 radical (unpaired) electrons. The number of aryl methyl sites for hydroxylation is 1. The Bertz CT molecular complexity index is 771. The molecule has 0 unspecified atom stereocenters. The Morgan fingerprint density at radius 3 is 2.44 bits per heavy atom. The van der Waals surface area contributed by atoms with E-state index in [-0.39, 0.29) is 5.43 Å². The zero-order valence-corrected chi connectivity index (χ0v) is 10.1. The molecule has 2 heteroatoms. The minimum atomic E-state index is 0.0821. The van der Waals surface area contributed by atoms with E-state index in [1.54, 1.807) is 6.20 Å². The van der Waals surface area contributed by atoms with Gasteiger partial charge in [0.25, 0.3) is 0 Å². The Balaban J connectivity index is 2.35. The molecule has 0 amide bonds. The molecule has 3 aromatic rings. The van der Waals surface area contributed by atoms with Gasteiger partial charge >= 0.3 is 0 Å². The first-order chi connectivity index (χ1) is 8.77. The normalized spacial score (nSPS) is 10.7. The molecule has 3 rings (SSSR count). The van der Waals surface area contributed by atoms with Crippen LogP contribution in [0, 0.1) is 6.92 Å². The fourth-order valence-corrected chi connectivity index (χ4v) is 2.24. The van der Waals surface area contributed by atoms with E-state index in [1.165, 1.54) is 0 Å². The summed E-state index contributed by atoms with van der Waals surface area (Å²) in [6.45, 7) is 2.02.